The molecular formula is C26H33N3O3. The van der Waals surface area contributed by atoms with Gasteiger partial charge < -0.3 is 9.67 Å². The van der Waals surface area contributed by atoms with Crippen molar-refractivity contribution < 1.29 is 9.90 Å². The third-order valence-corrected chi connectivity index (χ3v) is 8.98. The third kappa shape index (κ3) is 3.21. The lowest BCUT2D eigenvalue weighted by Crippen LogP contribution is -2.62. The minimum atomic E-state index is -1.23. The Hall–Kier alpha value is -2.21. The van der Waals surface area contributed by atoms with Crippen LogP contribution in [0.15, 0.2) is 29.1 Å². The molecule has 2 unspecified atom stereocenters. The van der Waals surface area contributed by atoms with E-state index in [0.717, 1.165) is 36.2 Å². The van der Waals surface area contributed by atoms with Gasteiger partial charge in [0.1, 0.15) is 0 Å². The number of fused-ring (bicyclic) bond motifs is 6. The van der Waals surface area contributed by atoms with Crippen molar-refractivity contribution >= 4 is 17.0 Å². The van der Waals surface area contributed by atoms with Crippen LogP contribution in [-0.4, -0.2) is 43.7 Å². The number of benzene rings is 1. The highest BCUT2D eigenvalue weighted by molar-refractivity contribution is 5.88. The van der Waals surface area contributed by atoms with Crippen molar-refractivity contribution in [3.8, 4) is 0 Å². The highest BCUT2D eigenvalue weighted by Crippen LogP contribution is 2.49. The zero-order valence-corrected chi connectivity index (χ0v) is 18.7. The quantitative estimate of drug-likeness (QED) is 0.761. The minimum absolute atomic E-state index is 0.0449. The summed E-state index contributed by atoms with van der Waals surface area (Å²) in [6, 6.07) is 9.29. The van der Waals surface area contributed by atoms with Gasteiger partial charge in [-0.25, -0.2) is 9.78 Å². The first-order valence-corrected chi connectivity index (χ1v) is 12.6. The van der Waals surface area contributed by atoms with Gasteiger partial charge in [-0.1, -0.05) is 31.4 Å². The Morgan fingerprint density at radius 1 is 0.875 bits per heavy atom. The molecule has 2 atom stereocenters. The summed E-state index contributed by atoms with van der Waals surface area (Å²) < 4.78 is 1.79. The first kappa shape index (κ1) is 20.4. The monoisotopic (exact) mass is 435 g/mol. The van der Waals surface area contributed by atoms with E-state index in [1.165, 1.54) is 57.8 Å². The molecule has 32 heavy (non-hydrogen) atoms. The topological polar surface area (TPSA) is 75.4 Å². The molecule has 4 bridgehead atoms. The smallest absolute Gasteiger partial charge is 0.360 e. The van der Waals surface area contributed by atoms with Crippen LogP contribution < -0.4 is 5.56 Å². The summed E-state index contributed by atoms with van der Waals surface area (Å²) in [7, 11) is 0. The van der Waals surface area contributed by atoms with E-state index in [1.54, 1.807) is 4.57 Å². The summed E-state index contributed by atoms with van der Waals surface area (Å²) in [6.45, 7) is 0. The largest absolute Gasteiger partial charge is 0.476 e. The number of nitrogens with zero attached hydrogens (tertiary/aromatic N) is 3. The average Bonchev–Trinajstić information content (AvgIpc) is 2.77. The Kier molecular flexibility index (Phi) is 5.09. The van der Waals surface area contributed by atoms with Gasteiger partial charge >= 0.3 is 5.97 Å². The van der Waals surface area contributed by atoms with Gasteiger partial charge in [-0.2, -0.15) is 0 Å². The number of carboxylic acids is 1. The number of aromatic carboxylic acids is 1. The molecule has 0 radical (unpaired) electrons. The Balaban J connectivity index is 1.39. The number of hydrogen-bond donors (Lipinski definition) is 1. The van der Waals surface area contributed by atoms with E-state index < -0.39 is 11.5 Å². The van der Waals surface area contributed by atoms with Crippen LogP contribution in [0.25, 0.3) is 11.0 Å². The number of para-hydroxylation sites is 2. The Bertz CT molecular complexity index is 1060. The summed E-state index contributed by atoms with van der Waals surface area (Å²) in [5, 5.41) is 9.63. The predicted molar refractivity (Wildman–Crippen MR) is 123 cm³/mol. The zero-order chi connectivity index (χ0) is 21.8. The highest BCUT2D eigenvalue weighted by atomic mass is 16.4. The number of rotatable bonds is 3. The van der Waals surface area contributed by atoms with Crippen LogP contribution >= 0.6 is 0 Å². The summed E-state index contributed by atoms with van der Waals surface area (Å²) in [5.74, 6) is 0.470. The SMILES string of the molecule is O=C(O)c1nc2ccccc2n(C2CC3CCCC(C2)N3C2C3CCCC2CCC3)c1=O. The molecule has 1 aromatic heterocycles. The second-order valence-corrected chi connectivity index (χ2v) is 10.6. The van der Waals surface area contributed by atoms with E-state index in [0.29, 0.717) is 17.6 Å². The van der Waals surface area contributed by atoms with Crippen LogP contribution in [0.2, 0.25) is 0 Å². The lowest BCUT2D eigenvalue weighted by atomic mass is 9.65. The second-order valence-electron chi connectivity index (χ2n) is 10.6. The van der Waals surface area contributed by atoms with Gasteiger partial charge in [0, 0.05) is 24.2 Å². The van der Waals surface area contributed by atoms with Gasteiger partial charge in [-0.15, -0.1) is 0 Å². The normalized spacial score (nSPS) is 35.0. The van der Waals surface area contributed by atoms with Gasteiger partial charge in [0.15, 0.2) is 0 Å². The number of aromatic nitrogens is 2. The molecule has 0 spiro atoms. The van der Waals surface area contributed by atoms with E-state index in [9.17, 15) is 14.7 Å². The molecule has 2 aliphatic carbocycles. The molecule has 1 N–H and O–H groups in total. The lowest BCUT2D eigenvalue weighted by Gasteiger charge is -2.58. The third-order valence-electron chi connectivity index (χ3n) is 8.98. The summed E-state index contributed by atoms with van der Waals surface area (Å²) in [5.41, 5.74) is 0.577. The van der Waals surface area contributed by atoms with Gasteiger partial charge in [0.05, 0.1) is 11.0 Å². The molecule has 0 amide bonds. The zero-order valence-electron chi connectivity index (χ0n) is 18.7. The van der Waals surface area contributed by atoms with Crippen LogP contribution in [0.1, 0.15) is 87.2 Å². The fourth-order valence-corrected chi connectivity index (χ4v) is 7.87. The molecule has 2 aliphatic heterocycles. The molecule has 2 saturated carbocycles. The molecule has 170 valence electrons. The average molecular weight is 436 g/mol. The fourth-order valence-electron chi connectivity index (χ4n) is 7.87. The maximum atomic E-state index is 13.3. The fraction of sp³-hybridized carbons (Fsp3) is 0.654. The van der Waals surface area contributed by atoms with Gasteiger partial charge in [-0.3, -0.25) is 9.69 Å². The standard InChI is InChI=1S/C26H33N3O3/c30-25-23(26(31)32)27-21-12-1-2-13-22(21)29(25)20-14-18-10-5-11-19(15-20)28(18)24-16-6-3-7-17(24)9-4-8-16/h1-2,12-13,16-20,24H,3-11,14-15H2,(H,31,32). The first-order chi connectivity index (χ1) is 15.6. The van der Waals surface area contributed by atoms with Crippen LogP contribution in [0.3, 0.4) is 0 Å². The van der Waals surface area contributed by atoms with E-state index in [1.807, 2.05) is 24.3 Å². The maximum absolute atomic E-state index is 13.3. The lowest BCUT2D eigenvalue weighted by molar-refractivity contribution is -0.0818. The Morgan fingerprint density at radius 3 is 2.09 bits per heavy atom. The van der Waals surface area contributed by atoms with Crippen molar-refractivity contribution in [2.24, 2.45) is 11.8 Å². The number of carbonyl (C=O) groups is 1. The van der Waals surface area contributed by atoms with Gasteiger partial charge in [0.2, 0.25) is 5.69 Å². The molecule has 2 aromatic rings. The predicted octanol–water partition coefficient (Wildman–Crippen LogP) is 4.62. The highest BCUT2D eigenvalue weighted by Gasteiger charge is 2.48. The minimum Gasteiger partial charge on any atom is -0.476 e. The maximum Gasteiger partial charge on any atom is 0.360 e. The number of carboxylic acid groups (broad SMARTS) is 1. The molecule has 6 nitrogen and oxygen atoms in total. The summed E-state index contributed by atoms with van der Waals surface area (Å²) in [6.07, 6.45) is 13.9. The molecule has 2 saturated heterocycles. The molecule has 4 aliphatic rings. The van der Waals surface area contributed by atoms with E-state index in [2.05, 4.69) is 9.88 Å². The van der Waals surface area contributed by atoms with Crippen molar-refractivity contribution in [2.45, 2.75) is 94.8 Å². The number of piperidine rings is 2. The van der Waals surface area contributed by atoms with E-state index in [-0.39, 0.29) is 11.7 Å². The van der Waals surface area contributed by atoms with Crippen molar-refractivity contribution in [3.63, 3.8) is 0 Å². The van der Waals surface area contributed by atoms with Crippen LogP contribution in [0, 0.1) is 11.8 Å². The van der Waals surface area contributed by atoms with Gasteiger partial charge in [0.25, 0.3) is 5.56 Å². The summed E-state index contributed by atoms with van der Waals surface area (Å²) >= 11 is 0. The van der Waals surface area contributed by atoms with Crippen molar-refractivity contribution in [3.05, 3.63) is 40.3 Å². The summed E-state index contributed by atoms with van der Waals surface area (Å²) in [4.78, 5) is 32.2. The molecule has 6 rings (SSSR count). The van der Waals surface area contributed by atoms with Gasteiger partial charge in [-0.05, 0) is 75.3 Å². The molecule has 1 aromatic carbocycles. The Morgan fingerprint density at radius 2 is 1.47 bits per heavy atom. The van der Waals surface area contributed by atoms with Crippen LogP contribution in [-0.2, 0) is 0 Å². The van der Waals surface area contributed by atoms with E-state index >= 15 is 0 Å². The van der Waals surface area contributed by atoms with E-state index in [4.69, 9.17) is 0 Å². The van der Waals surface area contributed by atoms with Crippen molar-refractivity contribution in [1.29, 1.82) is 0 Å². The first-order valence-electron chi connectivity index (χ1n) is 12.6. The van der Waals surface area contributed by atoms with Crippen LogP contribution in [0.5, 0.6) is 0 Å². The molecular weight excluding hydrogens is 402 g/mol. The second kappa shape index (κ2) is 7.98. The molecule has 3 heterocycles. The van der Waals surface area contributed by atoms with Crippen LogP contribution in [0.4, 0.5) is 0 Å². The Labute approximate surface area is 188 Å². The van der Waals surface area contributed by atoms with Crippen molar-refractivity contribution in [2.75, 3.05) is 0 Å². The number of hydrogen-bond acceptors (Lipinski definition) is 4. The van der Waals surface area contributed by atoms with Crippen molar-refractivity contribution in [1.82, 2.24) is 14.5 Å². The molecule has 6 heteroatoms. The molecule has 4 fully saturated rings.